The first-order valence-electron chi connectivity index (χ1n) is 5.39. The molecule has 1 atom stereocenters. The van der Waals surface area contributed by atoms with Gasteiger partial charge in [0.2, 0.25) is 0 Å². The predicted molar refractivity (Wildman–Crippen MR) is 62.7 cm³/mol. The maximum Gasteiger partial charge on any atom is 0.275 e. The lowest BCUT2D eigenvalue weighted by Gasteiger charge is -2.21. The number of ether oxygens (including phenoxy) is 1. The van der Waals surface area contributed by atoms with E-state index in [4.69, 9.17) is 10.6 Å². The van der Waals surface area contributed by atoms with Crippen molar-refractivity contribution in [1.29, 1.82) is 0 Å². The first kappa shape index (κ1) is 13.4. The van der Waals surface area contributed by atoms with Crippen LogP contribution in [0, 0.1) is 18.7 Å². The maximum atomic E-state index is 13.5. The summed E-state index contributed by atoms with van der Waals surface area (Å²) in [6, 6.07) is 4.49. The summed E-state index contributed by atoms with van der Waals surface area (Å²) in [6.45, 7) is 5.42. The molecule has 0 saturated carbocycles. The molecule has 0 heterocycles. The molecule has 0 saturated heterocycles. The lowest BCUT2D eigenvalue weighted by molar-refractivity contribution is -0.129. The van der Waals surface area contributed by atoms with Crippen LogP contribution in [0.5, 0.6) is 5.75 Å². The summed E-state index contributed by atoms with van der Waals surface area (Å²) in [5.74, 6) is 4.04. The molecule has 94 valence electrons. The molecule has 5 heteroatoms. The van der Waals surface area contributed by atoms with Crippen molar-refractivity contribution in [2.24, 2.45) is 11.8 Å². The van der Waals surface area contributed by atoms with E-state index in [9.17, 15) is 9.18 Å². The molecule has 0 spiro atoms. The normalized spacial score (nSPS) is 12.4. The third kappa shape index (κ3) is 3.42. The zero-order valence-electron chi connectivity index (χ0n) is 10.2. The van der Waals surface area contributed by atoms with Crippen LogP contribution in [0.2, 0.25) is 0 Å². The van der Waals surface area contributed by atoms with Crippen LogP contribution in [-0.4, -0.2) is 12.0 Å². The maximum absolute atomic E-state index is 13.5. The van der Waals surface area contributed by atoms with Gasteiger partial charge in [-0.1, -0.05) is 19.9 Å². The van der Waals surface area contributed by atoms with Gasteiger partial charge in [-0.3, -0.25) is 10.2 Å². The summed E-state index contributed by atoms with van der Waals surface area (Å²) in [5.41, 5.74) is 2.87. The molecule has 3 N–H and O–H groups in total. The fraction of sp³-hybridized carbons (Fsp3) is 0.417. The summed E-state index contributed by atoms with van der Waals surface area (Å²) < 4.78 is 18.8. The molecule has 0 fully saturated rings. The van der Waals surface area contributed by atoms with Crippen LogP contribution in [0.4, 0.5) is 4.39 Å². The molecule has 0 aromatic heterocycles. The Morgan fingerprint density at radius 1 is 1.47 bits per heavy atom. The number of halogens is 1. The van der Waals surface area contributed by atoms with E-state index in [2.05, 4.69) is 0 Å². The van der Waals surface area contributed by atoms with E-state index in [1.165, 1.54) is 6.07 Å². The van der Waals surface area contributed by atoms with Gasteiger partial charge in [-0.15, -0.1) is 0 Å². The average molecular weight is 240 g/mol. The summed E-state index contributed by atoms with van der Waals surface area (Å²) in [5, 5.41) is 0. The van der Waals surface area contributed by atoms with Gasteiger partial charge in [0.25, 0.3) is 5.91 Å². The van der Waals surface area contributed by atoms with Crippen molar-refractivity contribution in [3.63, 3.8) is 0 Å². The number of carbonyl (C=O) groups is 1. The third-order valence-electron chi connectivity index (χ3n) is 2.35. The van der Waals surface area contributed by atoms with E-state index in [1.54, 1.807) is 26.0 Å². The smallest absolute Gasteiger partial charge is 0.275 e. The van der Waals surface area contributed by atoms with Crippen molar-refractivity contribution < 1.29 is 13.9 Å². The average Bonchev–Trinajstić information content (AvgIpc) is 2.28. The van der Waals surface area contributed by atoms with Crippen LogP contribution >= 0.6 is 0 Å². The van der Waals surface area contributed by atoms with Gasteiger partial charge in [-0.05, 0) is 30.5 Å². The highest BCUT2D eigenvalue weighted by molar-refractivity contribution is 5.80. The van der Waals surface area contributed by atoms with E-state index in [-0.39, 0.29) is 11.7 Å². The first-order chi connectivity index (χ1) is 7.95. The van der Waals surface area contributed by atoms with E-state index in [1.807, 2.05) is 12.3 Å². The van der Waals surface area contributed by atoms with E-state index < -0.39 is 17.8 Å². The highest BCUT2D eigenvalue weighted by Gasteiger charge is 2.24. The molecule has 1 rings (SSSR count). The number of amides is 1. The quantitative estimate of drug-likeness (QED) is 0.476. The van der Waals surface area contributed by atoms with Gasteiger partial charge in [0.1, 0.15) is 0 Å². The molecule has 0 radical (unpaired) electrons. The molecule has 1 unspecified atom stereocenters. The van der Waals surface area contributed by atoms with Crippen LogP contribution in [-0.2, 0) is 4.79 Å². The van der Waals surface area contributed by atoms with Crippen LogP contribution < -0.4 is 16.0 Å². The minimum absolute atomic E-state index is 0.0623. The topological polar surface area (TPSA) is 64.3 Å². The molecule has 0 aliphatic heterocycles. The third-order valence-corrected chi connectivity index (χ3v) is 2.35. The highest BCUT2D eigenvalue weighted by Crippen LogP contribution is 2.21. The van der Waals surface area contributed by atoms with Crippen LogP contribution in [0.3, 0.4) is 0 Å². The van der Waals surface area contributed by atoms with E-state index >= 15 is 0 Å². The van der Waals surface area contributed by atoms with Crippen molar-refractivity contribution in [2.45, 2.75) is 26.9 Å². The molecular weight excluding hydrogens is 223 g/mol. The van der Waals surface area contributed by atoms with Gasteiger partial charge >= 0.3 is 0 Å². The second-order valence-corrected chi connectivity index (χ2v) is 4.22. The molecule has 1 aromatic rings. The van der Waals surface area contributed by atoms with Crippen molar-refractivity contribution in [1.82, 2.24) is 5.43 Å². The summed E-state index contributed by atoms with van der Waals surface area (Å²) in [6.07, 6.45) is -0.809. The molecule has 0 aliphatic rings. The van der Waals surface area contributed by atoms with E-state index in [0.29, 0.717) is 0 Å². The number of nitrogens with two attached hydrogens (primary N) is 1. The number of carbonyl (C=O) groups excluding carboxylic acids is 1. The highest BCUT2D eigenvalue weighted by atomic mass is 19.1. The van der Waals surface area contributed by atoms with Gasteiger partial charge in [0.15, 0.2) is 17.7 Å². The lowest BCUT2D eigenvalue weighted by Crippen LogP contribution is -2.44. The first-order valence-corrected chi connectivity index (χ1v) is 5.39. The summed E-state index contributed by atoms with van der Waals surface area (Å²) in [4.78, 5) is 11.5. The molecule has 4 nitrogen and oxygen atoms in total. The van der Waals surface area contributed by atoms with Crippen LogP contribution in [0.15, 0.2) is 18.2 Å². The van der Waals surface area contributed by atoms with Gasteiger partial charge in [0, 0.05) is 0 Å². The van der Waals surface area contributed by atoms with Gasteiger partial charge in [-0.25, -0.2) is 10.2 Å². The van der Waals surface area contributed by atoms with Gasteiger partial charge in [-0.2, -0.15) is 0 Å². The van der Waals surface area contributed by atoms with Crippen molar-refractivity contribution in [2.75, 3.05) is 0 Å². The zero-order valence-corrected chi connectivity index (χ0v) is 10.2. The minimum atomic E-state index is -0.809. The fourth-order valence-corrected chi connectivity index (χ4v) is 1.41. The van der Waals surface area contributed by atoms with Crippen molar-refractivity contribution >= 4 is 5.91 Å². The Hall–Kier alpha value is -1.62. The Kier molecular flexibility index (Phi) is 4.45. The number of hydrogen-bond acceptors (Lipinski definition) is 3. The summed E-state index contributed by atoms with van der Waals surface area (Å²) >= 11 is 0. The Labute approximate surface area is 99.9 Å². The summed E-state index contributed by atoms with van der Waals surface area (Å²) in [7, 11) is 0. The standard InChI is InChI=1S/C12H17FN2O2/c1-7(2)11(12(16)15-14)17-10-6-8(3)4-5-9(10)13/h4-7,11H,14H2,1-3H3,(H,15,16). The largest absolute Gasteiger partial charge is 0.477 e. The monoisotopic (exact) mass is 240 g/mol. The molecule has 17 heavy (non-hydrogen) atoms. The number of benzene rings is 1. The SMILES string of the molecule is Cc1ccc(F)c(OC(C(=O)NN)C(C)C)c1. The molecule has 0 bridgehead atoms. The second-order valence-electron chi connectivity index (χ2n) is 4.22. The Morgan fingerprint density at radius 3 is 2.65 bits per heavy atom. The zero-order chi connectivity index (χ0) is 13.0. The van der Waals surface area contributed by atoms with Gasteiger partial charge < -0.3 is 4.74 Å². The lowest BCUT2D eigenvalue weighted by atomic mass is 10.1. The Balaban J connectivity index is 2.93. The van der Waals surface area contributed by atoms with Gasteiger partial charge in [0.05, 0.1) is 0 Å². The molecule has 1 aromatic carbocycles. The Bertz CT molecular complexity index is 407. The predicted octanol–water partition coefficient (Wildman–Crippen LogP) is 1.53. The molecule has 1 amide bonds. The minimum Gasteiger partial charge on any atom is -0.477 e. The van der Waals surface area contributed by atoms with Crippen molar-refractivity contribution in [3.8, 4) is 5.75 Å². The number of hydrazine groups is 1. The second kappa shape index (κ2) is 5.63. The number of nitrogens with one attached hydrogen (secondary N) is 1. The number of hydrogen-bond donors (Lipinski definition) is 2. The molecule has 0 aliphatic carbocycles. The van der Waals surface area contributed by atoms with Crippen LogP contribution in [0.25, 0.3) is 0 Å². The fourth-order valence-electron chi connectivity index (χ4n) is 1.41. The van der Waals surface area contributed by atoms with E-state index in [0.717, 1.165) is 5.56 Å². The molecular formula is C12H17FN2O2. The Morgan fingerprint density at radius 2 is 2.12 bits per heavy atom. The number of aryl methyl sites for hydroxylation is 1. The van der Waals surface area contributed by atoms with Crippen LogP contribution in [0.1, 0.15) is 19.4 Å². The number of rotatable bonds is 4. The van der Waals surface area contributed by atoms with Crippen molar-refractivity contribution in [3.05, 3.63) is 29.6 Å².